The second kappa shape index (κ2) is 6.42. The van der Waals surface area contributed by atoms with E-state index >= 15 is 0 Å². The van der Waals surface area contributed by atoms with Crippen LogP contribution in [0.3, 0.4) is 0 Å². The quantitative estimate of drug-likeness (QED) is 0.529. The number of nitrogens with zero attached hydrogens (tertiary/aromatic N) is 3. The summed E-state index contributed by atoms with van der Waals surface area (Å²) in [7, 11) is 0. The highest BCUT2D eigenvalue weighted by atomic mass is 16.2. The number of amides is 2. The highest BCUT2D eigenvalue weighted by molar-refractivity contribution is 6.05. The number of hydrogen-bond donors (Lipinski definition) is 2. The fraction of sp³-hybridized carbons (Fsp3) is 0.667. The Labute approximate surface area is 111 Å². The average Bonchev–Trinajstić information content (AvgIpc) is 2.99. The van der Waals surface area contributed by atoms with Crippen LogP contribution in [0.4, 0.5) is 0 Å². The lowest BCUT2D eigenvalue weighted by Gasteiger charge is -2.14. The number of H-pyrrole nitrogens is 1. The average molecular weight is 265 g/mol. The monoisotopic (exact) mass is 265 g/mol. The maximum atomic E-state index is 11.9. The molecular formula is C12H19N5O2. The van der Waals surface area contributed by atoms with Crippen LogP contribution in [0.25, 0.3) is 0 Å². The van der Waals surface area contributed by atoms with Gasteiger partial charge in [-0.05, 0) is 19.4 Å². The standard InChI is InChI=1S/C12H19N5O2/c1-2-6-17-11(18)7-9(12(17)19)13-5-3-4-10-14-8-15-16-10/h8-9,13H,2-7H2,1H3,(H,14,15,16). The van der Waals surface area contributed by atoms with Crippen molar-refractivity contribution in [2.24, 2.45) is 0 Å². The Morgan fingerprint density at radius 2 is 2.37 bits per heavy atom. The minimum atomic E-state index is -0.353. The van der Waals surface area contributed by atoms with Crippen molar-refractivity contribution in [3.63, 3.8) is 0 Å². The van der Waals surface area contributed by atoms with E-state index in [9.17, 15) is 9.59 Å². The summed E-state index contributed by atoms with van der Waals surface area (Å²) in [5.41, 5.74) is 0. The van der Waals surface area contributed by atoms with Crippen LogP contribution in [-0.2, 0) is 16.0 Å². The number of hydrogen-bond acceptors (Lipinski definition) is 5. The Morgan fingerprint density at radius 1 is 1.53 bits per heavy atom. The van der Waals surface area contributed by atoms with Gasteiger partial charge in [-0.1, -0.05) is 6.92 Å². The van der Waals surface area contributed by atoms with Gasteiger partial charge in [0.2, 0.25) is 11.8 Å². The fourth-order valence-electron chi connectivity index (χ4n) is 2.18. The number of likely N-dealkylation sites (tertiary alicyclic amines) is 1. The van der Waals surface area contributed by atoms with Gasteiger partial charge in [-0.15, -0.1) is 0 Å². The summed E-state index contributed by atoms with van der Waals surface area (Å²) in [4.78, 5) is 29.0. The number of carbonyl (C=O) groups excluding carboxylic acids is 2. The second-order valence-corrected chi connectivity index (χ2v) is 4.63. The number of nitrogens with one attached hydrogen (secondary N) is 2. The van der Waals surface area contributed by atoms with E-state index in [0.717, 1.165) is 25.1 Å². The Balaban J connectivity index is 1.71. The van der Waals surface area contributed by atoms with Gasteiger partial charge >= 0.3 is 0 Å². The molecule has 0 spiro atoms. The molecule has 2 amide bonds. The van der Waals surface area contributed by atoms with Gasteiger partial charge in [-0.25, -0.2) is 4.98 Å². The van der Waals surface area contributed by atoms with Gasteiger partial charge in [-0.2, -0.15) is 5.10 Å². The van der Waals surface area contributed by atoms with E-state index in [0.29, 0.717) is 13.1 Å². The van der Waals surface area contributed by atoms with Crippen LogP contribution in [0.1, 0.15) is 32.0 Å². The molecule has 0 aromatic carbocycles. The van der Waals surface area contributed by atoms with Crippen LogP contribution in [0.5, 0.6) is 0 Å². The first-order valence-electron chi connectivity index (χ1n) is 6.64. The lowest BCUT2D eigenvalue weighted by molar-refractivity contribution is -0.138. The Kier molecular flexibility index (Phi) is 4.62. The van der Waals surface area contributed by atoms with E-state index in [4.69, 9.17) is 0 Å². The molecule has 1 unspecified atom stereocenters. The summed E-state index contributed by atoms with van der Waals surface area (Å²) in [6.07, 6.45) is 4.18. The highest BCUT2D eigenvalue weighted by Crippen LogP contribution is 2.13. The number of imide groups is 1. The van der Waals surface area contributed by atoms with Crippen molar-refractivity contribution in [1.82, 2.24) is 25.4 Å². The maximum absolute atomic E-state index is 11.9. The first-order valence-corrected chi connectivity index (χ1v) is 6.64. The van der Waals surface area contributed by atoms with E-state index in [1.54, 1.807) is 0 Å². The molecule has 7 nitrogen and oxygen atoms in total. The van der Waals surface area contributed by atoms with Gasteiger partial charge in [0.05, 0.1) is 12.5 Å². The van der Waals surface area contributed by atoms with Gasteiger partial charge < -0.3 is 5.32 Å². The highest BCUT2D eigenvalue weighted by Gasteiger charge is 2.37. The van der Waals surface area contributed by atoms with Crippen molar-refractivity contribution in [3.05, 3.63) is 12.2 Å². The van der Waals surface area contributed by atoms with E-state index in [-0.39, 0.29) is 24.3 Å². The number of carbonyl (C=O) groups is 2. The lowest BCUT2D eigenvalue weighted by Crippen LogP contribution is -2.39. The van der Waals surface area contributed by atoms with Crippen LogP contribution in [0.15, 0.2) is 6.33 Å². The predicted molar refractivity (Wildman–Crippen MR) is 68.1 cm³/mol. The topological polar surface area (TPSA) is 91.0 Å². The third-order valence-electron chi connectivity index (χ3n) is 3.14. The first-order chi connectivity index (χ1) is 9.22. The number of aromatic amines is 1. The number of aromatic nitrogens is 3. The zero-order valence-corrected chi connectivity index (χ0v) is 11.1. The van der Waals surface area contributed by atoms with Crippen molar-refractivity contribution in [2.45, 2.75) is 38.6 Å². The van der Waals surface area contributed by atoms with Crippen molar-refractivity contribution in [2.75, 3.05) is 13.1 Å². The molecule has 0 bridgehead atoms. The van der Waals surface area contributed by atoms with E-state index in [1.807, 2.05) is 6.92 Å². The van der Waals surface area contributed by atoms with Crippen molar-refractivity contribution >= 4 is 11.8 Å². The zero-order chi connectivity index (χ0) is 13.7. The molecule has 104 valence electrons. The molecule has 1 aromatic rings. The lowest BCUT2D eigenvalue weighted by atomic mass is 10.2. The molecule has 1 saturated heterocycles. The van der Waals surface area contributed by atoms with Gasteiger partial charge in [0, 0.05) is 13.0 Å². The summed E-state index contributed by atoms with van der Waals surface area (Å²) < 4.78 is 0. The fourth-order valence-corrected chi connectivity index (χ4v) is 2.18. The second-order valence-electron chi connectivity index (χ2n) is 4.63. The molecule has 0 saturated carbocycles. The maximum Gasteiger partial charge on any atom is 0.246 e. The Morgan fingerprint density at radius 3 is 3.05 bits per heavy atom. The van der Waals surface area contributed by atoms with Crippen LogP contribution in [0, 0.1) is 0 Å². The minimum absolute atomic E-state index is 0.0698. The summed E-state index contributed by atoms with van der Waals surface area (Å²) >= 11 is 0. The molecule has 2 N–H and O–H groups in total. The summed E-state index contributed by atoms with van der Waals surface area (Å²) in [5.74, 6) is 0.675. The molecule has 1 atom stereocenters. The third-order valence-corrected chi connectivity index (χ3v) is 3.14. The smallest absolute Gasteiger partial charge is 0.246 e. The van der Waals surface area contributed by atoms with Crippen molar-refractivity contribution in [1.29, 1.82) is 0 Å². The summed E-state index contributed by atoms with van der Waals surface area (Å²) in [5, 5.41) is 9.69. The van der Waals surface area contributed by atoms with E-state index < -0.39 is 0 Å². The van der Waals surface area contributed by atoms with Crippen LogP contribution in [0.2, 0.25) is 0 Å². The molecule has 1 aliphatic heterocycles. The number of rotatable bonds is 7. The molecule has 2 rings (SSSR count). The SMILES string of the molecule is CCCN1C(=O)CC(NCCCc2ncn[nH]2)C1=O. The largest absolute Gasteiger partial charge is 0.305 e. The Hall–Kier alpha value is -1.76. The molecule has 1 aliphatic rings. The molecule has 0 aliphatic carbocycles. The minimum Gasteiger partial charge on any atom is -0.305 e. The van der Waals surface area contributed by atoms with Crippen molar-refractivity contribution < 1.29 is 9.59 Å². The normalized spacial score (nSPS) is 19.4. The van der Waals surface area contributed by atoms with Gasteiger partial charge in [0.1, 0.15) is 12.2 Å². The van der Waals surface area contributed by atoms with E-state index in [2.05, 4.69) is 20.5 Å². The molecule has 2 heterocycles. The molecule has 1 fully saturated rings. The van der Waals surface area contributed by atoms with Gasteiger partial charge in [-0.3, -0.25) is 19.6 Å². The van der Waals surface area contributed by atoms with Crippen LogP contribution >= 0.6 is 0 Å². The third kappa shape index (κ3) is 3.37. The molecule has 0 radical (unpaired) electrons. The van der Waals surface area contributed by atoms with Gasteiger partial charge in [0.25, 0.3) is 0 Å². The summed E-state index contributed by atoms with van der Waals surface area (Å²) in [6, 6.07) is -0.353. The summed E-state index contributed by atoms with van der Waals surface area (Å²) in [6.45, 7) is 3.16. The zero-order valence-electron chi connectivity index (χ0n) is 11.1. The molecular weight excluding hydrogens is 246 g/mol. The van der Waals surface area contributed by atoms with Gasteiger partial charge in [0.15, 0.2) is 0 Å². The first kappa shape index (κ1) is 13.7. The predicted octanol–water partition coefficient (Wildman–Crippen LogP) is -0.136. The molecule has 1 aromatic heterocycles. The van der Waals surface area contributed by atoms with Crippen LogP contribution < -0.4 is 5.32 Å². The van der Waals surface area contributed by atoms with Crippen molar-refractivity contribution in [3.8, 4) is 0 Å². The van der Waals surface area contributed by atoms with E-state index in [1.165, 1.54) is 11.2 Å². The number of aryl methyl sites for hydroxylation is 1. The Bertz CT molecular complexity index is 431. The molecule has 7 heteroatoms. The van der Waals surface area contributed by atoms with Crippen LogP contribution in [-0.4, -0.2) is 51.0 Å². The molecule has 19 heavy (non-hydrogen) atoms.